The first-order valence-corrected chi connectivity index (χ1v) is 12.8. The lowest BCUT2D eigenvalue weighted by Crippen LogP contribution is -2.47. The molecule has 1 aromatic rings. The van der Waals surface area contributed by atoms with Crippen LogP contribution in [-0.4, -0.2) is 49.0 Å². The zero-order chi connectivity index (χ0) is 22.2. The Bertz CT molecular complexity index is 767. The van der Waals surface area contributed by atoms with Crippen LogP contribution in [0, 0.1) is 5.92 Å². The zero-order valence-electron chi connectivity index (χ0n) is 19.7. The van der Waals surface area contributed by atoms with Crippen LogP contribution in [0.2, 0.25) is 0 Å². The maximum atomic E-state index is 12.5. The molecule has 1 aliphatic heterocycles. The Morgan fingerprint density at radius 3 is 2.41 bits per heavy atom. The SMILES string of the molecule is CN=C(NCc1ccccc1CN1CCCCCC1)NC1CCCC(C(=O)NC2CC2)C1. The minimum Gasteiger partial charge on any atom is -0.354 e. The summed E-state index contributed by atoms with van der Waals surface area (Å²) in [6.07, 6.45) is 11.8. The van der Waals surface area contributed by atoms with Gasteiger partial charge in [0.15, 0.2) is 5.96 Å². The van der Waals surface area contributed by atoms with E-state index in [1.807, 2.05) is 7.05 Å². The van der Waals surface area contributed by atoms with Crippen molar-refractivity contribution in [2.75, 3.05) is 20.1 Å². The summed E-state index contributed by atoms with van der Waals surface area (Å²) in [7, 11) is 1.83. The van der Waals surface area contributed by atoms with Gasteiger partial charge in [0, 0.05) is 38.1 Å². The third-order valence-corrected chi connectivity index (χ3v) is 7.19. The Kier molecular flexibility index (Phi) is 8.43. The van der Waals surface area contributed by atoms with Gasteiger partial charge in [-0.1, -0.05) is 43.5 Å². The van der Waals surface area contributed by atoms with Crippen molar-refractivity contribution in [1.82, 2.24) is 20.9 Å². The van der Waals surface area contributed by atoms with E-state index in [-0.39, 0.29) is 11.8 Å². The van der Waals surface area contributed by atoms with Gasteiger partial charge in [-0.25, -0.2) is 0 Å². The zero-order valence-corrected chi connectivity index (χ0v) is 19.7. The van der Waals surface area contributed by atoms with Crippen LogP contribution in [-0.2, 0) is 17.9 Å². The van der Waals surface area contributed by atoms with E-state index >= 15 is 0 Å². The quantitative estimate of drug-likeness (QED) is 0.449. The van der Waals surface area contributed by atoms with Crippen molar-refractivity contribution >= 4 is 11.9 Å². The predicted molar refractivity (Wildman–Crippen MR) is 130 cm³/mol. The maximum absolute atomic E-state index is 12.5. The molecule has 1 saturated heterocycles. The highest BCUT2D eigenvalue weighted by molar-refractivity contribution is 5.81. The number of nitrogens with zero attached hydrogens (tertiary/aromatic N) is 2. The first kappa shape index (κ1) is 23.1. The van der Waals surface area contributed by atoms with Gasteiger partial charge < -0.3 is 16.0 Å². The third kappa shape index (κ3) is 6.96. The highest BCUT2D eigenvalue weighted by Crippen LogP contribution is 2.27. The summed E-state index contributed by atoms with van der Waals surface area (Å²) in [6.45, 7) is 4.22. The summed E-state index contributed by atoms with van der Waals surface area (Å²) in [5, 5.41) is 10.3. The number of amides is 1. The van der Waals surface area contributed by atoms with Gasteiger partial charge in [0.05, 0.1) is 0 Å². The molecule has 3 fully saturated rings. The molecule has 0 aromatic heterocycles. The number of hydrogen-bond donors (Lipinski definition) is 3. The molecule has 1 amide bonds. The van der Waals surface area contributed by atoms with Crippen molar-refractivity contribution in [3.8, 4) is 0 Å². The summed E-state index contributed by atoms with van der Waals surface area (Å²) in [6, 6.07) is 9.52. The molecule has 2 aliphatic carbocycles. The Hall–Kier alpha value is -2.08. The summed E-state index contributed by atoms with van der Waals surface area (Å²) < 4.78 is 0. The molecule has 32 heavy (non-hydrogen) atoms. The van der Waals surface area contributed by atoms with Crippen LogP contribution < -0.4 is 16.0 Å². The molecular formula is C26H41N5O. The lowest BCUT2D eigenvalue weighted by Gasteiger charge is -2.30. The van der Waals surface area contributed by atoms with E-state index in [9.17, 15) is 4.79 Å². The monoisotopic (exact) mass is 439 g/mol. The highest BCUT2D eigenvalue weighted by atomic mass is 16.2. The molecule has 6 nitrogen and oxygen atoms in total. The van der Waals surface area contributed by atoms with Crippen LogP contribution in [0.5, 0.6) is 0 Å². The second-order valence-electron chi connectivity index (χ2n) is 9.87. The van der Waals surface area contributed by atoms with Gasteiger partial charge >= 0.3 is 0 Å². The summed E-state index contributed by atoms with van der Waals surface area (Å²) >= 11 is 0. The standard InChI is InChI=1S/C26H41N5O/c1-27-26(30-24-12-8-11-20(17-24)25(32)29-23-13-14-23)28-18-21-9-4-5-10-22(21)19-31-15-6-2-3-7-16-31/h4-5,9-10,20,23-24H,2-3,6-8,11-19H2,1H3,(H,29,32)(H2,27,28,30). The van der Waals surface area contributed by atoms with Crippen LogP contribution in [0.4, 0.5) is 0 Å². The van der Waals surface area contributed by atoms with Gasteiger partial charge in [0.1, 0.15) is 0 Å². The highest BCUT2D eigenvalue weighted by Gasteiger charge is 2.31. The first-order chi connectivity index (χ1) is 15.7. The molecule has 176 valence electrons. The van der Waals surface area contributed by atoms with Gasteiger partial charge in [-0.3, -0.25) is 14.7 Å². The molecule has 2 atom stereocenters. The Morgan fingerprint density at radius 1 is 0.938 bits per heavy atom. The van der Waals surface area contributed by atoms with E-state index < -0.39 is 0 Å². The Balaban J connectivity index is 1.28. The van der Waals surface area contributed by atoms with Crippen molar-refractivity contribution in [1.29, 1.82) is 0 Å². The number of rotatable bonds is 7. The second-order valence-corrected chi connectivity index (χ2v) is 9.87. The molecule has 1 heterocycles. The second kappa shape index (κ2) is 11.7. The lowest BCUT2D eigenvalue weighted by atomic mass is 9.85. The molecule has 6 heteroatoms. The van der Waals surface area contributed by atoms with Crippen molar-refractivity contribution in [3.05, 3.63) is 35.4 Å². The van der Waals surface area contributed by atoms with Crippen LogP contribution in [0.1, 0.15) is 75.3 Å². The minimum absolute atomic E-state index is 0.134. The average molecular weight is 440 g/mol. The predicted octanol–water partition coefficient (Wildman–Crippen LogP) is 3.57. The Labute approximate surface area is 193 Å². The Morgan fingerprint density at radius 2 is 1.69 bits per heavy atom. The van der Waals surface area contributed by atoms with Gasteiger partial charge in [-0.05, 0) is 69.2 Å². The fourth-order valence-electron chi connectivity index (χ4n) is 5.09. The van der Waals surface area contributed by atoms with E-state index in [2.05, 4.69) is 50.1 Å². The van der Waals surface area contributed by atoms with Gasteiger partial charge in [-0.15, -0.1) is 0 Å². The van der Waals surface area contributed by atoms with Crippen molar-refractivity contribution in [3.63, 3.8) is 0 Å². The fourth-order valence-corrected chi connectivity index (χ4v) is 5.09. The number of hydrogen-bond acceptors (Lipinski definition) is 3. The molecule has 0 bridgehead atoms. The number of carbonyl (C=O) groups is 1. The molecule has 3 aliphatic rings. The summed E-state index contributed by atoms with van der Waals surface area (Å²) in [4.78, 5) is 19.6. The van der Waals surface area contributed by atoms with Crippen LogP contribution in [0.15, 0.2) is 29.3 Å². The van der Waals surface area contributed by atoms with E-state index in [0.717, 1.165) is 57.6 Å². The van der Waals surface area contributed by atoms with Crippen molar-refractivity contribution in [2.45, 2.75) is 89.4 Å². The van der Waals surface area contributed by atoms with Crippen LogP contribution >= 0.6 is 0 Å². The third-order valence-electron chi connectivity index (χ3n) is 7.19. The number of aliphatic imine (C=N–C) groups is 1. The molecule has 1 aromatic carbocycles. The first-order valence-electron chi connectivity index (χ1n) is 12.8. The lowest BCUT2D eigenvalue weighted by molar-refractivity contribution is -0.126. The number of nitrogens with one attached hydrogen (secondary N) is 3. The number of guanidine groups is 1. The van der Waals surface area contributed by atoms with Crippen molar-refractivity contribution < 1.29 is 4.79 Å². The molecule has 4 rings (SSSR count). The molecule has 2 unspecified atom stereocenters. The van der Waals surface area contributed by atoms with Gasteiger partial charge in [0.25, 0.3) is 0 Å². The van der Waals surface area contributed by atoms with Crippen LogP contribution in [0.3, 0.4) is 0 Å². The molecular weight excluding hydrogens is 398 g/mol. The van der Waals surface area contributed by atoms with E-state index in [0.29, 0.717) is 12.1 Å². The molecule has 3 N–H and O–H groups in total. The maximum Gasteiger partial charge on any atom is 0.223 e. The molecule has 0 radical (unpaired) electrons. The van der Waals surface area contributed by atoms with Gasteiger partial charge in [-0.2, -0.15) is 0 Å². The number of likely N-dealkylation sites (tertiary alicyclic amines) is 1. The van der Waals surface area contributed by atoms with E-state index in [1.165, 1.54) is 49.9 Å². The minimum atomic E-state index is 0.134. The topological polar surface area (TPSA) is 68.8 Å². The number of benzene rings is 1. The fraction of sp³-hybridized carbons (Fsp3) is 0.692. The van der Waals surface area contributed by atoms with Crippen LogP contribution in [0.25, 0.3) is 0 Å². The molecule has 0 spiro atoms. The van der Waals surface area contributed by atoms with E-state index in [1.54, 1.807) is 0 Å². The largest absolute Gasteiger partial charge is 0.354 e. The summed E-state index contributed by atoms with van der Waals surface area (Å²) in [5.74, 6) is 1.22. The average Bonchev–Trinajstić information content (AvgIpc) is 3.65. The molecule has 2 saturated carbocycles. The van der Waals surface area contributed by atoms with Gasteiger partial charge in [0.2, 0.25) is 5.91 Å². The van der Waals surface area contributed by atoms with E-state index in [4.69, 9.17) is 0 Å². The summed E-state index contributed by atoms with van der Waals surface area (Å²) in [5.41, 5.74) is 2.75. The normalized spacial score (nSPS) is 25.1. The van der Waals surface area contributed by atoms with Crippen molar-refractivity contribution in [2.24, 2.45) is 10.9 Å². The smallest absolute Gasteiger partial charge is 0.223 e. The number of carbonyl (C=O) groups excluding carboxylic acids is 1.